The molecule has 2 aliphatic rings. The fourth-order valence-electron chi connectivity index (χ4n) is 7.43. The molecule has 0 radical (unpaired) electrons. The molecule has 0 amide bonds. The molecule has 0 aromatic heterocycles. The van der Waals surface area contributed by atoms with Crippen LogP contribution in [0, 0.1) is 0 Å². The molecule has 2 fully saturated rings. The molecule has 4 rings (SSSR count). The zero-order chi connectivity index (χ0) is 44.5. The van der Waals surface area contributed by atoms with Crippen LogP contribution in [0.4, 0.5) is 0 Å². The summed E-state index contributed by atoms with van der Waals surface area (Å²) in [5.41, 5.74) is 11.7. The Kier molecular flexibility index (Phi) is 19.6. The van der Waals surface area contributed by atoms with Crippen LogP contribution in [0.1, 0.15) is 59.6 Å². The van der Waals surface area contributed by atoms with E-state index in [1.807, 2.05) is 81.4 Å². The molecule has 2 aromatic carbocycles. The van der Waals surface area contributed by atoms with E-state index in [0.717, 1.165) is 11.1 Å². The van der Waals surface area contributed by atoms with Crippen molar-refractivity contribution in [3.05, 3.63) is 82.2 Å². The van der Waals surface area contributed by atoms with Crippen molar-refractivity contribution in [2.45, 2.75) is 147 Å². The largest absolute Gasteiger partial charge is 0.463 e. The summed E-state index contributed by atoms with van der Waals surface area (Å²) in [6.45, 7) is 10.3. The molecule has 336 valence electrons. The highest BCUT2D eigenvalue weighted by Crippen LogP contribution is 2.39. The van der Waals surface area contributed by atoms with E-state index < -0.39 is 106 Å². The maximum absolute atomic E-state index is 12.9. The Morgan fingerprint density at radius 2 is 1.30 bits per heavy atom. The van der Waals surface area contributed by atoms with Crippen LogP contribution in [-0.4, -0.2) is 120 Å². The van der Waals surface area contributed by atoms with Crippen LogP contribution in [0.15, 0.2) is 65.8 Å². The molecule has 19 heteroatoms. The maximum atomic E-state index is 12.9. The van der Waals surface area contributed by atoms with Gasteiger partial charge >= 0.3 is 23.9 Å². The zero-order valence-corrected chi connectivity index (χ0v) is 37.0. The zero-order valence-electron chi connectivity index (χ0n) is 36.0. The smallest absolute Gasteiger partial charge is 0.303 e. The second-order valence-electron chi connectivity index (χ2n) is 14.7. The second kappa shape index (κ2) is 24.3. The number of azide groups is 1. The lowest BCUT2D eigenvalue weighted by Gasteiger charge is -2.51. The van der Waals surface area contributed by atoms with E-state index in [4.69, 9.17) is 51.8 Å². The van der Waals surface area contributed by atoms with Crippen LogP contribution in [0.3, 0.4) is 0 Å². The molecule has 0 spiro atoms. The molecule has 18 nitrogen and oxygen atoms in total. The minimum absolute atomic E-state index is 0.0633. The topological polar surface area (TPSA) is 219 Å². The van der Waals surface area contributed by atoms with Gasteiger partial charge < -0.3 is 51.8 Å². The van der Waals surface area contributed by atoms with Gasteiger partial charge in [0.2, 0.25) is 0 Å². The first-order valence-corrected chi connectivity index (χ1v) is 22.9. The summed E-state index contributed by atoms with van der Waals surface area (Å²) in [5, 5.41) is 4.16. The van der Waals surface area contributed by atoms with E-state index in [-0.39, 0.29) is 19.8 Å². The van der Waals surface area contributed by atoms with Gasteiger partial charge in [-0.3, -0.25) is 19.2 Å². The van der Waals surface area contributed by atoms with Gasteiger partial charge in [-0.25, -0.2) is 0 Å². The Hall–Kier alpha value is -4.43. The van der Waals surface area contributed by atoms with Gasteiger partial charge in [0.15, 0.2) is 33.1 Å². The summed E-state index contributed by atoms with van der Waals surface area (Å²) < 4.78 is 68.3. The number of carbonyl (C=O) groups is 4. The summed E-state index contributed by atoms with van der Waals surface area (Å²) in [6.07, 6.45) is -12.3. The van der Waals surface area contributed by atoms with Crippen LogP contribution in [0.25, 0.3) is 10.4 Å². The molecule has 0 saturated carbocycles. The molecule has 0 bridgehead atoms. The van der Waals surface area contributed by atoms with Crippen molar-refractivity contribution < 1.29 is 71.0 Å². The molecule has 11 atom stereocenters. The fourth-order valence-corrected chi connectivity index (χ4v) is 10.3. The Balaban J connectivity index is 1.86. The predicted octanol–water partition coefficient (Wildman–Crippen LogP) is 5.70. The summed E-state index contributed by atoms with van der Waals surface area (Å²) in [6, 6.07) is 19.4. The first-order chi connectivity index (χ1) is 29.3. The van der Waals surface area contributed by atoms with Crippen molar-refractivity contribution in [1.29, 1.82) is 0 Å². The van der Waals surface area contributed by atoms with E-state index in [9.17, 15) is 24.7 Å². The van der Waals surface area contributed by atoms with Crippen molar-refractivity contribution >= 4 is 32.2 Å². The third-order valence-electron chi connectivity index (χ3n) is 10.6. The Labute approximate surface area is 357 Å². The summed E-state index contributed by atoms with van der Waals surface area (Å²) in [4.78, 5) is 52.8. The number of carbonyl (C=O) groups excluding carboxylic acids is 4. The van der Waals surface area contributed by atoms with E-state index >= 15 is 0 Å². The second-order valence-corrected chi connectivity index (χ2v) is 19.4. The molecular weight excluding hydrogens is 815 g/mol. The Morgan fingerprint density at radius 1 is 0.721 bits per heavy atom. The standard InChI is InChI=1S/C42H59N3O15Si/c1-9-61(10-2,11-3)60-39-38(56-29(7)49)36(33(55-28(6)48)25-52-27(5)47)58-42(50-8)40(39)59-41-34(44-45-43)37(54-23-31-20-16-13-17-21-31)35(32(57-41)24-51-26(4)46)53-22-30-18-14-12-15-19-30/h12-21,32-42H,9-11,22-25H2,1-8H3/t32-,33+,34-,35-,36-,37-,38-,39+,40+,41-,42-/m1/s1. The lowest BCUT2D eigenvalue weighted by Crippen LogP contribution is -2.68. The minimum Gasteiger partial charge on any atom is -0.463 e. The van der Waals surface area contributed by atoms with E-state index in [2.05, 4.69) is 10.0 Å². The monoisotopic (exact) mass is 873 g/mol. The predicted molar refractivity (Wildman–Crippen MR) is 219 cm³/mol. The molecule has 61 heavy (non-hydrogen) atoms. The minimum atomic E-state index is -2.67. The van der Waals surface area contributed by atoms with Crippen molar-refractivity contribution in [1.82, 2.24) is 0 Å². The van der Waals surface area contributed by atoms with Crippen molar-refractivity contribution in [2.24, 2.45) is 5.11 Å². The molecule has 0 unspecified atom stereocenters. The SMILES string of the molecule is CC[Si](CC)(CC)O[C@H]1[C@H](OC(C)=O)[C@@H]([C@H](COC(C)=O)OC(C)=O)O[C@@H](OC)[C@H]1O[C@H]1O[C@H](COC(C)=O)[C@@H](OCc2ccccc2)[C@H](OCc2ccccc2)[C@H]1N=[N+]=[N-]. The van der Waals surface area contributed by atoms with Gasteiger partial charge in [-0.05, 0) is 34.8 Å². The average molecular weight is 874 g/mol. The molecule has 2 heterocycles. The lowest BCUT2D eigenvalue weighted by molar-refractivity contribution is -0.357. The van der Waals surface area contributed by atoms with E-state index in [1.165, 1.54) is 34.8 Å². The Bertz CT molecular complexity index is 1740. The molecule has 0 N–H and O–H groups in total. The molecule has 2 aromatic rings. The quantitative estimate of drug-likeness (QED) is 0.0346. The highest BCUT2D eigenvalue weighted by atomic mass is 28.4. The number of benzene rings is 2. The van der Waals surface area contributed by atoms with Gasteiger partial charge in [-0.1, -0.05) is 86.5 Å². The van der Waals surface area contributed by atoms with E-state index in [0.29, 0.717) is 18.1 Å². The molecule has 2 saturated heterocycles. The van der Waals surface area contributed by atoms with Gasteiger partial charge in [-0.15, -0.1) is 0 Å². The number of ether oxygens (including phenoxy) is 10. The van der Waals surface area contributed by atoms with Gasteiger partial charge in [0.25, 0.3) is 0 Å². The van der Waals surface area contributed by atoms with Gasteiger partial charge in [0.1, 0.15) is 55.9 Å². The van der Waals surface area contributed by atoms with Crippen LogP contribution in [0.5, 0.6) is 0 Å². The summed E-state index contributed by atoms with van der Waals surface area (Å²) in [5.74, 6) is -2.67. The van der Waals surface area contributed by atoms with Gasteiger partial charge in [-0.2, -0.15) is 0 Å². The maximum Gasteiger partial charge on any atom is 0.303 e. The molecular formula is C42H59N3O15Si. The molecule has 0 aliphatic carbocycles. The number of rotatable bonds is 22. The number of nitrogens with zero attached hydrogens (tertiary/aromatic N) is 3. The van der Waals surface area contributed by atoms with Crippen LogP contribution in [-0.2, 0) is 84.2 Å². The highest BCUT2D eigenvalue weighted by Gasteiger charge is 2.57. The first-order valence-electron chi connectivity index (χ1n) is 20.4. The first kappa shape index (κ1) is 49.2. The van der Waals surface area contributed by atoms with Crippen molar-refractivity contribution in [3.8, 4) is 0 Å². The molecule has 2 aliphatic heterocycles. The number of hydrogen-bond acceptors (Lipinski definition) is 16. The van der Waals surface area contributed by atoms with Crippen LogP contribution in [0.2, 0.25) is 18.1 Å². The third-order valence-corrected chi connectivity index (χ3v) is 15.3. The van der Waals surface area contributed by atoms with Gasteiger partial charge in [0, 0.05) is 39.7 Å². The summed E-state index contributed by atoms with van der Waals surface area (Å²) >= 11 is 0. The number of methoxy groups -OCH3 is 1. The van der Waals surface area contributed by atoms with Crippen molar-refractivity contribution in [2.75, 3.05) is 20.3 Å². The Morgan fingerprint density at radius 3 is 1.79 bits per heavy atom. The van der Waals surface area contributed by atoms with Gasteiger partial charge in [0.05, 0.1) is 13.2 Å². The lowest BCUT2D eigenvalue weighted by atomic mass is 9.93. The third kappa shape index (κ3) is 14.0. The van der Waals surface area contributed by atoms with Crippen LogP contribution >= 0.6 is 0 Å². The number of hydrogen-bond donors (Lipinski definition) is 0. The highest BCUT2D eigenvalue weighted by molar-refractivity contribution is 6.73. The van der Waals surface area contributed by atoms with E-state index in [1.54, 1.807) is 0 Å². The van der Waals surface area contributed by atoms with Crippen molar-refractivity contribution in [3.63, 3.8) is 0 Å². The number of esters is 4. The fraction of sp³-hybridized carbons (Fsp3) is 0.619. The summed E-state index contributed by atoms with van der Waals surface area (Å²) in [7, 11) is -1.31. The normalized spacial score (nSPS) is 26.9. The average Bonchev–Trinajstić information content (AvgIpc) is 3.24. The van der Waals surface area contributed by atoms with Crippen LogP contribution < -0.4 is 0 Å².